The average Bonchev–Trinajstić information content (AvgIpc) is 2.49. The number of rotatable bonds is 6. The number of halogens is 1. The molecule has 0 bridgehead atoms. The molecule has 0 unspecified atom stereocenters. The van der Waals surface area contributed by atoms with Crippen LogP contribution in [-0.2, 0) is 13.1 Å². The number of ether oxygens (including phenoxy) is 1. The Balaban J connectivity index is 2.09. The number of benzene rings is 2. The Morgan fingerprint density at radius 1 is 1.14 bits per heavy atom. The first-order chi connectivity index (χ1) is 10.1. The fourth-order valence-corrected chi connectivity index (χ4v) is 2.51. The number of methoxy groups -OCH3 is 1. The zero-order valence-electron chi connectivity index (χ0n) is 12.2. The van der Waals surface area contributed by atoms with Crippen molar-refractivity contribution in [2.45, 2.75) is 13.1 Å². The van der Waals surface area contributed by atoms with Gasteiger partial charge in [0.1, 0.15) is 12.0 Å². The van der Waals surface area contributed by atoms with E-state index in [0.717, 1.165) is 35.2 Å². The Bertz CT molecular complexity index is 611. The van der Waals surface area contributed by atoms with E-state index in [4.69, 9.17) is 4.74 Å². The Hall–Kier alpha value is -1.65. The van der Waals surface area contributed by atoms with Gasteiger partial charge in [-0.2, -0.15) is 0 Å². The van der Waals surface area contributed by atoms with Crippen LogP contribution in [0.3, 0.4) is 0 Å². The van der Waals surface area contributed by atoms with Gasteiger partial charge in [-0.1, -0.05) is 28.1 Å². The minimum atomic E-state index is 0.669. The molecule has 2 aromatic rings. The summed E-state index contributed by atoms with van der Waals surface area (Å²) in [4.78, 5) is 13.1. The van der Waals surface area contributed by atoms with E-state index in [1.165, 1.54) is 5.56 Å². The predicted molar refractivity (Wildman–Crippen MR) is 87.7 cm³/mol. The fourth-order valence-electron chi connectivity index (χ4n) is 2.24. The molecule has 0 saturated carbocycles. The van der Waals surface area contributed by atoms with Gasteiger partial charge in [-0.15, -0.1) is 0 Å². The second kappa shape index (κ2) is 7.38. The standard InChI is InChI=1S/C17H18BrNO2/c1-19(10-13-3-6-16(18)7-4-13)11-15-9-14(12-20)5-8-17(15)21-2/h3-9,12H,10-11H2,1-2H3. The van der Waals surface area contributed by atoms with Crippen LogP contribution in [0.2, 0.25) is 0 Å². The molecule has 0 radical (unpaired) electrons. The third-order valence-electron chi connectivity index (χ3n) is 3.25. The van der Waals surface area contributed by atoms with Crippen molar-refractivity contribution >= 4 is 22.2 Å². The molecule has 0 aliphatic heterocycles. The van der Waals surface area contributed by atoms with Crippen LogP contribution in [0.5, 0.6) is 5.75 Å². The first-order valence-corrected chi connectivity index (χ1v) is 7.46. The maximum Gasteiger partial charge on any atom is 0.150 e. The lowest BCUT2D eigenvalue weighted by atomic mass is 10.1. The van der Waals surface area contributed by atoms with Gasteiger partial charge in [0, 0.05) is 28.7 Å². The Kier molecular flexibility index (Phi) is 5.53. The van der Waals surface area contributed by atoms with E-state index < -0.39 is 0 Å². The Morgan fingerprint density at radius 2 is 1.86 bits per heavy atom. The molecule has 0 N–H and O–H groups in total. The zero-order chi connectivity index (χ0) is 15.2. The molecule has 3 nitrogen and oxygen atoms in total. The number of hydrogen-bond donors (Lipinski definition) is 0. The smallest absolute Gasteiger partial charge is 0.150 e. The summed E-state index contributed by atoms with van der Waals surface area (Å²) in [6.07, 6.45) is 0.859. The highest BCUT2D eigenvalue weighted by Gasteiger charge is 2.08. The lowest BCUT2D eigenvalue weighted by Crippen LogP contribution is -2.17. The van der Waals surface area contributed by atoms with Gasteiger partial charge in [0.25, 0.3) is 0 Å². The van der Waals surface area contributed by atoms with E-state index in [-0.39, 0.29) is 0 Å². The third-order valence-corrected chi connectivity index (χ3v) is 3.78. The van der Waals surface area contributed by atoms with Crippen LogP contribution < -0.4 is 4.74 Å². The molecule has 0 saturated heterocycles. The molecule has 0 aromatic heterocycles. The van der Waals surface area contributed by atoms with E-state index in [9.17, 15) is 4.79 Å². The highest BCUT2D eigenvalue weighted by Crippen LogP contribution is 2.21. The highest BCUT2D eigenvalue weighted by atomic mass is 79.9. The summed E-state index contributed by atoms with van der Waals surface area (Å²) < 4.78 is 6.44. The summed E-state index contributed by atoms with van der Waals surface area (Å²) in [6, 6.07) is 13.8. The Labute approximate surface area is 133 Å². The van der Waals surface area contributed by atoms with E-state index in [2.05, 4.69) is 40.0 Å². The van der Waals surface area contributed by atoms with Crippen molar-refractivity contribution in [2.24, 2.45) is 0 Å². The second-order valence-corrected chi connectivity index (χ2v) is 5.90. The summed E-state index contributed by atoms with van der Waals surface area (Å²) >= 11 is 3.44. The molecule has 110 valence electrons. The molecule has 0 aliphatic rings. The van der Waals surface area contributed by atoms with Gasteiger partial charge in [-0.3, -0.25) is 9.69 Å². The second-order valence-electron chi connectivity index (χ2n) is 4.99. The number of carbonyl (C=O) groups excluding carboxylic acids is 1. The van der Waals surface area contributed by atoms with Gasteiger partial charge >= 0.3 is 0 Å². The monoisotopic (exact) mass is 347 g/mol. The van der Waals surface area contributed by atoms with Crippen molar-refractivity contribution in [3.63, 3.8) is 0 Å². The third kappa shape index (κ3) is 4.41. The Morgan fingerprint density at radius 3 is 2.48 bits per heavy atom. The maximum absolute atomic E-state index is 10.9. The first kappa shape index (κ1) is 15.7. The van der Waals surface area contributed by atoms with Crippen molar-refractivity contribution < 1.29 is 9.53 Å². The number of hydrogen-bond acceptors (Lipinski definition) is 3. The van der Waals surface area contributed by atoms with Gasteiger partial charge in [-0.25, -0.2) is 0 Å². The number of aldehydes is 1. The molecule has 4 heteroatoms. The predicted octanol–water partition coefficient (Wildman–Crippen LogP) is 3.90. The van der Waals surface area contributed by atoms with Gasteiger partial charge in [0.15, 0.2) is 0 Å². The minimum absolute atomic E-state index is 0.669. The van der Waals surface area contributed by atoms with Crippen LogP contribution in [0.15, 0.2) is 46.9 Å². The number of carbonyl (C=O) groups is 1. The van der Waals surface area contributed by atoms with Gasteiger partial charge in [0.05, 0.1) is 7.11 Å². The lowest BCUT2D eigenvalue weighted by molar-refractivity contribution is 0.112. The molecule has 0 heterocycles. The average molecular weight is 348 g/mol. The van der Waals surface area contributed by atoms with Gasteiger partial charge in [0.2, 0.25) is 0 Å². The maximum atomic E-state index is 10.9. The van der Waals surface area contributed by atoms with E-state index in [1.807, 2.05) is 24.3 Å². The van der Waals surface area contributed by atoms with Crippen LogP contribution in [0.4, 0.5) is 0 Å². The quantitative estimate of drug-likeness (QED) is 0.742. The van der Waals surface area contributed by atoms with E-state index >= 15 is 0 Å². The zero-order valence-corrected chi connectivity index (χ0v) is 13.8. The topological polar surface area (TPSA) is 29.5 Å². The SMILES string of the molecule is COc1ccc(C=O)cc1CN(C)Cc1ccc(Br)cc1. The van der Waals surface area contributed by atoms with Gasteiger partial charge < -0.3 is 4.74 Å². The minimum Gasteiger partial charge on any atom is -0.496 e. The first-order valence-electron chi connectivity index (χ1n) is 6.67. The molecular weight excluding hydrogens is 330 g/mol. The molecule has 21 heavy (non-hydrogen) atoms. The van der Waals surface area contributed by atoms with Crippen LogP contribution in [-0.4, -0.2) is 25.3 Å². The van der Waals surface area contributed by atoms with Crippen LogP contribution in [0, 0.1) is 0 Å². The van der Waals surface area contributed by atoms with Crippen LogP contribution in [0.1, 0.15) is 21.5 Å². The molecule has 0 spiro atoms. The van der Waals surface area contributed by atoms with Crippen molar-refractivity contribution in [3.05, 3.63) is 63.6 Å². The van der Waals surface area contributed by atoms with E-state index in [1.54, 1.807) is 13.2 Å². The lowest BCUT2D eigenvalue weighted by Gasteiger charge is -2.19. The van der Waals surface area contributed by atoms with Crippen molar-refractivity contribution in [2.75, 3.05) is 14.2 Å². The summed E-state index contributed by atoms with van der Waals surface area (Å²) in [6.45, 7) is 1.56. The van der Waals surface area contributed by atoms with Gasteiger partial charge in [-0.05, 0) is 42.9 Å². The molecule has 2 aromatic carbocycles. The summed E-state index contributed by atoms with van der Waals surface area (Å²) in [5, 5.41) is 0. The molecule has 0 fully saturated rings. The summed E-state index contributed by atoms with van der Waals surface area (Å²) in [5.74, 6) is 0.809. The van der Waals surface area contributed by atoms with E-state index in [0.29, 0.717) is 5.56 Å². The molecule has 0 amide bonds. The highest BCUT2D eigenvalue weighted by molar-refractivity contribution is 9.10. The molecular formula is C17H18BrNO2. The normalized spacial score (nSPS) is 10.7. The molecule has 0 atom stereocenters. The summed E-state index contributed by atoms with van der Waals surface area (Å²) in [7, 11) is 3.70. The van der Waals surface area contributed by atoms with Crippen LogP contribution >= 0.6 is 15.9 Å². The molecule has 2 rings (SSSR count). The van der Waals surface area contributed by atoms with Crippen molar-refractivity contribution in [3.8, 4) is 5.75 Å². The van der Waals surface area contributed by atoms with Crippen molar-refractivity contribution in [1.82, 2.24) is 4.90 Å². The fraction of sp³-hybridized carbons (Fsp3) is 0.235. The summed E-state index contributed by atoms with van der Waals surface area (Å²) in [5.41, 5.74) is 2.93. The molecule has 0 aliphatic carbocycles. The largest absolute Gasteiger partial charge is 0.496 e. The van der Waals surface area contributed by atoms with Crippen LogP contribution in [0.25, 0.3) is 0 Å². The number of nitrogens with zero attached hydrogens (tertiary/aromatic N) is 1. The van der Waals surface area contributed by atoms with Crippen molar-refractivity contribution in [1.29, 1.82) is 0 Å².